The number of halogens is 1. The van der Waals surface area contributed by atoms with Crippen LogP contribution < -0.4 is 0 Å². The van der Waals surface area contributed by atoms with Crippen LogP contribution in [0.25, 0.3) is 0 Å². The van der Waals surface area contributed by atoms with Crippen molar-refractivity contribution in [2.24, 2.45) is 11.3 Å². The van der Waals surface area contributed by atoms with Gasteiger partial charge in [0, 0.05) is 0 Å². The monoisotopic (exact) mass is 172 g/mol. The van der Waals surface area contributed by atoms with Crippen molar-refractivity contribution in [1.82, 2.24) is 0 Å². The highest BCUT2D eigenvalue weighted by Crippen LogP contribution is 2.42. The molecule has 0 saturated heterocycles. The summed E-state index contributed by atoms with van der Waals surface area (Å²) in [5.74, 6) is 0.723. The molecular formula is C11H21F. The minimum absolute atomic E-state index is 0.372. The first-order chi connectivity index (χ1) is 5.31. The highest BCUT2D eigenvalue weighted by atomic mass is 19.1. The minimum atomic E-state index is -0.873. The Balaban J connectivity index is 2.47. The summed E-state index contributed by atoms with van der Waals surface area (Å²) < 4.78 is 13.4. The van der Waals surface area contributed by atoms with Crippen molar-refractivity contribution in [2.45, 2.75) is 59.0 Å². The summed E-state index contributed by atoms with van der Waals surface area (Å²) in [5, 5.41) is 0. The molecule has 1 fully saturated rings. The maximum absolute atomic E-state index is 13.4. The molecule has 0 spiro atoms. The van der Waals surface area contributed by atoms with E-state index in [-0.39, 0.29) is 0 Å². The molecule has 0 radical (unpaired) electrons. The van der Waals surface area contributed by atoms with Crippen LogP contribution in [0.1, 0.15) is 53.4 Å². The highest BCUT2D eigenvalue weighted by Gasteiger charge is 2.35. The van der Waals surface area contributed by atoms with Crippen molar-refractivity contribution < 1.29 is 4.39 Å². The van der Waals surface area contributed by atoms with Crippen molar-refractivity contribution in [3.63, 3.8) is 0 Å². The Bertz CT molecular complexity index is 143. The fourth-order valence-electron chi connectivity index (χ4n) is 2.09. The van der Waals surface area contributed by atoms with Gasteiger partial charge in [0.05, 0.1) is 0 Å². The van der Waals surface area contributed by atoms with Gasteiger partial charge in [-0.3, -0.25) is 0 Å². The van der Waals surface area contributed by atoms with Crippen LogP contribution in [0, 0.1) is 11.3 Å². The second kappa shape index (κ2) is 3.01. The maximum Gasteiger partial charge on any atom is 0.108 e. The number of hydrogen-bond donors (Lipinski definition) is 0. The second-order valence-corrected chi connectivity index (χ2v) is 5.55. The summed E-state index contributed by atoms with van der Waals surface area (Å²) >= 11 is 0. The van der Waals surface area contributed by atoms with Crippen LogP contribution in [0.15, 0.2) is 0 Å². The molecule has 0 aromatic carbocycles. The molecule has 0 heterocycles. The normalized spacial score (nSPS) is 38.2. The van der Waals surface area contributed by atoms with Crippen molar-refractivity contribution in [3.8, 4) is 0 Å². The Morgan fingerprint density at radius 2 is 1.58 bits per heavy atom. The first-order valence-corrected chi connectivity index (χ1v) is 5.00. The van der Waals surface area contributed by atoms with Crippen LogP contribution in [0.2, 0.25) is 0 Å². The summed E-state index contributed by atoms with van der Waals surface area (Å²) in [6.07, 6.45) is 3.65. The number of alkyl halides is 1. The molecule has 0 nitrogen and oxygen atoms in total. The lowest BCUT2D eigenvalue weighted by Gasteiger charge is -2.38. The van der Waals surface area contributed by atoms with E-state index >= 15 is 0 Å². The van der Waals surface area contributed by atoms with Gasteiger partial charge in [-0.1, -0.05) is 20.8 Å². The highest BCUT2D eigenvalue weighted by molar-refractivity contribution is 4.86. The van der Waals surface area contributed by atoms with E-state index < -0.39 is 5.67 Å². The molecule has 0 aliphatic heterocycles. The second-order valence-electron chi connectivity index (χ2n) is 5.55. The molecular weight excluding hydrogens is 151 g/mol. The van der Waals surface area contributed by atoms with Crippen LogP contribution in [0.3, 0.4) is 0 Å². The SMILES string of the molecule is CC1(F)CCC(C(C)(C)C)CC1. The van der Waals surface area contributed by atoms with Crippen LogP contribution in [-0.2, 0) is 0 Å². The fraction of sp³-hybridized carbons (Fsp3) is 1.00. The topological polar surface area (TPSA) is 0 Å². The summed E-state index contributed by atoms with van der Waals surface area (Å²) in [5.41, 5.74) is -0.502. The Kier molecular flexibility index (Phi) is 2.51. The van der Waals surface area contributed by atoms with E-state index in [9.17, 15) is 4.39 Å². The Morgan fingerprint density at radius 1 is 1.17 bits per heavy atom. The van der Waals surface area contributed by atoms with Gasteiger partial charge >= 0.3 is 0 Å². The summed E-state index contributed by atoms with van der Waals surface area (Å²) in [6, 6.07) is 0. The van der Waals surface area contributed by atoms with Gasteiger partial charge < -0.3 is 0 Å². The first-order valence-electron chi connectivity index (χ1n) is 5.00. The largest absolute Gasteiger partial charge is 0.244 e. The zero-order valence-electron chi connectivity index (χ0n) is 8.78. The van der Waals surface area contributed by atoms with Gasteiger partial charge in [0.1, 0.15) is 5.67 Å². The lowest BCUT2D eigenvalue weighted by molar-refractivity contribution is 0.0637. The summed E-state index contributed by atoms with van der Waals surface area (Å²) in [7, 11) is 0. The van der Waals surface area contributed by atoms with E-state index in [0.717, 1.165) is 31.6 Å². The molecule has 72 valence electrons. The smallest absolute Gasteiger partial charge is 0.108 e. The molecule has 0 aromatic rings. The third-order valence-electron chi connectivity index (χ3n) is 3.25. The van der Waals surface area contributed by atoms with Crippen LogP contribution in [0.4, 0.5) is 4.39 Å². The molecule has 0 atom stereocenters. The predicted octanol–water partition coefficient (Wildman–Crippen LogP) is 3.95. The van der Waals surface area contributed by atoms with Crippen molar-refractivity contribution >= 4 is 0 Å². The van der Waals surface area contributed by atoms with E-state index in [1.165, 1.54) is 0 Å². The summed E-state index contributed by atoms with van der Waals surface area (Å²) in [6.45, 7) is 8.53. The van der Waals surface area contributed by atoms with Gasteiger partial charge in [0.15, 0.2) is 0 Å². The standard InChI is InChI=1S/C11H21F/c1-10(2,3)9-5-7-11(4,12)8-6-9/h9H,5-8H2,1-4H3. The van der Waals surface area contributed by atoms with Crippen LogP contribution >= 0.6 is 0 Å². The van der Waals surface area contributed by atoms with Crippen molar-refractivity contribution in [3.05, 3.63) is 0 Å². The van der Waals surface area contributed by atoms with E-state index in [1.807, 2.05) is 0 Å². The van der Waals surface area contributed by atoms with Gasteiger partial charge in [0.2, 0.25) is 0 Å². The van der Waals surface area contributed by atoms with E-state index in [4.69, 9.17) is 0 Å². The number of rotatable bonds is 0. The zero-order valence-corrected chi connectivity index (χ0v) is 8.78. The maximum atomic E-state index is 13.4. The van der Waals surface area contributed by atoms with E-state index in [0.29, 0.717) is 5.41 Å². The third-order valence-corrected chi connectivity index (χ3v) is 3.25. The van der Waals surface area contributed by atoms with Crippen molar-refractivity contribution in [2.75, 3.05) is 0 Å². The molecule has 0 amide bonds. The summed E-state index contributed by atoms with van der Waals surface area (Å²) in [4.78, 5) is 0. The average Bonchev–Trinajstić information content (AvgIpc) is 1.83. The Hall–Kier alpha value is -0.0700. The Morgan fingerprint density at radius 3 is 1.92 bits per heavy atom. The minimum Gasteiger partial charge on any atom is -0.244 e. The van der Waals surface area contributed by atoms with E-state index in [1.54, 1.807) is 6.92 Å². The lowest BCUT2D eigenvalue weighted by Crippen LogP contribution is -2.31. The molecule has 1 heteroatoms. The van der Waals surface area contributed by atoms with Gasteiger partial charge in [-0.2, -0.15) is 0 Å². The van der Waals surface area contributed by atoms with Gasteiger partial charge in [-0.15, -0.1) is 0 Å². The predicted molar refractivity (Wildman–Crippen MR) is 50.9 cm³/mol. The molecule has 1 aliphatic rings. The van der Waals surface area contributed by atoms with Crippen LogP contribution in [-0.4, -0.2) is 5.67 Å². The Labute approximate surface area is 75.5 Å². The van der Waals surface area contributed by atoms with Gasteiger partial charge in [-0.25, -0.2) is 4.39 Å². The average molecular weight is 172 g/mol. The zero-order chi connectivity index (χ0) is 9.41. The molecule has 0 bridgehead atoms. The van der Waals surface area contributed by atoms with Gasteiger partial charge in [0.25, 0.3) is 0 Å². The molecule has 0 unspecified atom stereocenters. The number of hydrogen-bond acceptors (Lipinski definition) is 0. The lowest BCUT2D eigenvalue weighted by atomic mass is 9.69. The first kappa shape index (κ1) is 10.0. The van der Waals surface area contributed by atoms with E-state index in [2.05, 4.69) is 20.8 Å². The molecule has 1 saturated carbocycles. The third kappa shape index (κ3) is 2.46. The molecule has 1 aliphatic carbocycles. The van der Waals surface area contributed by atoms with Gasteiger partial charge in [-0.05, 0) is 43.9 Å². The van der Waals surface area contributed by atoms with Crippen LogP contribution in [0.5, 0.6) is 0 Å². The van der Waals surface area contributed by atoms with Crippen molar-refractivity contribution in [1.29, 1.82) is 0 Å². The quantitative estimate of drug-likeness (QED) is 0.519. The molecule has 0 aromatic heterocycles. The fourth-order valence-corrected chi connectivity index (χ4v) is 2.09. The molecule has 1 rings (SSSR count). The molecule has 0 N–H and O–H groups in total. The molecule has 12 heavy (non-hydrogen) atoms.